The number of aryl methyl sites for hydroxylation is 1. The molecule has 2 aromatic rings. The van der Waals surface area contributed by atoms with E-state index < -0.39 is 18.4 Å². The number of alkyl halides is 1. The first kappa shape index (κ1) is 27.7. The van der Waals surface area contributed by atoms with Crippen molar-refractivity contribution < 1.29 is 18.7 Å². The minimum Gasteiger partial charge on any atom is -0.444 e. The molecule has 1 aromatic heterocycles. The van der Waals surface area contributed by atoms with Gasteiger partial charge in [0, 0.05) is 49.9 Å². The van der Waals surface area contributed by atoms with Crippen molar-refractivity contribution in [3.05, 3.63) is 36.0 Å². The van der Waals surface area contributed by atoms with Crippen molar-refractivity contribution in [3.63, 3.8) is 0 Å². The first-order chi connectivity index (χ1) is 17.1. The molecule has 0 bridgehead atoms. The van der Waals surface area contributed by atoms with Crippen LogP contribution in [0.5, 0.6) is 0 Å². The van der Waals surface area contributed by atoms with Crippen LogP contribution in [0.3, 0.4) is 0 Å². The second kappa shape index (κ2) is 12.4. The van der Waals surface area contributed by atoms with E-state index in [1.807, 2.05) is 33.0 Å². The zero-order chi connectivity index (χ0) is 26.3. The Morgan fingerprint density at radius 2 is 1.92 bits per heavy atom. The summed E-state index contributed by atoms with van der Waals surface area (Å²) in [5.74, 6) is 0.349. The Labute approximate surface area is 214 Å². The molecular formula is C28H41FN4O3. The molecule has 1 aliphatic heterocycles. The summed E-state index contributed by atoms with van der Waals surface area (Å²) in [7, 11) is 0. The lowest BCUT2D eigenvalue weighted by Crippen LogP contribution is -2.40. The average Bonchev–Trinajstić information content (AvgIpc) is 3.17. The first-order valence-electron chi connectivity index (χ1n) is 13.0. The number of anilines is 1. The molecule has 198 valence electrons. The number of hydrogen-bond donors (Lipinski definition) is 1. The van der Waals surface area contributed by atoms with E-state index in [2.05, 4.69) is 47.2 Å². The van der Waals surface area contributed by atoms with Crippen LogP contribution in [-0.4, -0.2) is 66.4 Å². The Morgan fingerprint density at radius 3 is 2.64 bits per heavy atom. The van der Waals surface area contributed by atoms with Crippen LogP contribution in [0.25, 0.3) is 10.9 Å². The minimum atomic E-state index is -0.599. The number of rotatable bonds is 10. The highest BCUT2D eigenvalue weighted by atomic mass is 19.1. The van der Waals surface area contributed by atoms with Crippen LogP contribution in [0, 0.1) is 12.8 Å². The Hall–Kier alpha value is -2.90. The Morgan fingerprint density at radius 1 is 1.17 bits per heavy atom. The van der Waals surface area contributed by atoms with Crippen LogP contribution >= 0.6 is 0 Å². The third-order valence-electron chi connectivity index (χ3n) is 6.54. The van der Waals surface area contributed by atoms with E-state index in [1.165, 1.54) is 0 Å². The number of carbonyl (C=O) groups is 2. The zero-order valence-corrected chi connectivity index (χ0v) is 22.3. The van der Waals surface area contributed by atoms with Gasteiger partial charge in [-0.3, -0.25) is 14.2 Å². The number of carbonyl (C=O) groups excluding carboxylic acids is 2. The SMILES string of the molecule is Cc1ccc(N2C[C@@H](C)[C@@H](NC(=O)CCCCN(CCCF)C(=O)OC(C)(C)C)C2)c2cccnc12. The second-order valence-corrected chi connectivity index (χ2v) is 10.8. The summed E-state index contributed by atoms with van der Waals surface area (Å²) >= 11 is 0. The molecular weight excluding hydrogens is 459 g/mol. The van der Waals surface area contributed by atoms with Crippen LogP contribution in [0.15, 0.2) is 30.5 Å². The number of pyridine rings is 1. The Kier molecular flexibility index (Phi) is 9.51. The van der Waals surface area contributed by atoms with Gasteiger partial charge in [0.05, 0.1) is 18.2 Å². The van der Waals surface area contributed by atoms with E-state index in [1.54, 1.807) is 4.90 Å². The van der Waals surface area contributed by atoms with Gasteiger partial charge in [0.2, 0.25) is 5.91 Å². The molecule has 1 N–H and O–H groups in total. The van der Waals surface area contributed by atoms with Gasteiger partial charge in [-0.1, -0.05) is 13.0 Å². The van der Waals surface area contributed by atoms with E-state index in [4.69, 9.17) is 4.74 Å². The third kappa shape index (κ3) is 7.55. The van der Waals surface area contributed by atoms with E-state index in [-0.39, 0.29) is 18.4 Å². The number of halogens is 1. The van der Waals surface area contributed by atoms with Gasteiger partial charge in [0.1, 0.15) is 5.60 Å². The highest BCUT2D eigenvalue weighted by molar-refractivity contribution is 5.94. The molecule has 0 radical (unpaired) electrons. The molecule has 1 fully saturated rings. The van der Waals surface area contributed by atoms with Crippen molar-refractivity contribution in [2.24, 2.45) is 5.92 Å². The van der Waals surface area contributed by atoms with Gasteiger partial charge >= 0.3 is 6.09 Å². The number of amides is 2. The monoisotopic (exact) mass is 500 g/mol. The maximum absolute atomic E-state index is 12.7. The number of aromatic nitrogens is 1. The number of nitrogens with one attached hydrogen (secondary N) is 1. The molecule has 0 spiro atoms. The molecule has 2 heterocycles. The predicted octanol–water partition coefficient (Wildman–Crippen LogP) is 5.25. The molecule has 8 heteroatoms. The average molecular weight is 501 g/mol. The zero-order valence-electron chi connectivity index (χ0n) is 22.3. The number of benzene rings is 1. The molecule has 1 aromatic carbocycles. The van der Waals surface area contributed by atoms with Crippen LogP contribution in [-0.2, 0) is 9.53 Å². The Balaban J connectivity index is 1.48. The van der Waals surface area contributed by atoms with Gasteiger partial charge in [-0.25, -0.2) is 4.79 Å². The quantitative estimate of drug-likeness (QED) is 0.451. The lowest BCUT2D eigenvalue weighted by atomic mass is 10.1. The largest absolute Gasteiger partial charge is 0.444 e. The minimum absolute atomic E-state index is 0.0247. The summed E-state index contributed by atoms with van der Waals surface area (Å²) < 4.78 is 18.1. The molecule has 1 saturated heterocycles. The number of ether oxygens (including phenoxy) is 1. The number of fused-ring (bicyclic) bond motifs is 1. The van der Waals surface area contributed by atoms with Crippen molar-refractivity contribution in [2.45, 2.75) is 71.9 Å². The lowest BCUT2D eigenvalue weighted by molar-refractivity contribution is -0.122. The Bertz CT molecular complexity index is 1040. The maximum atomic E-state index is 12.7. The number of hydrogen-bond acceptors (Lipinski definition) is 5. The summed E-state index contributed by atoms with van der Waals surface area (Å²) in [6.45, 7) is 11.6. The summed E-state index contributed by atoms with van der Waals surface area (Å²) in [6, 6.07) is 8.40. The second-order valence-electron chi connectivity index (χ2n) is 10.8. The fourth-order valence-corrected chi connectivity index (χ4v) is 4.66. The molecule has 0 unspecified atom stereocenters. The van der Waals surface area contributed by atoms with E-state index >= 15 is 0 Å². The summed E-state index contributed by atoms with van der Waals surface area (Å²) in [4.78, 5) is 33.5. The summed E-state index contributed by atoms with van der Waals surface area (Å²) in [5, 5.41) is 4.35. The molecule has 0 aliphatic carbocycles. The van der Waals surface area contributed by atoms with Gasteiger partial charge in [0.25, 0.3) is 0 Å². The van der Waals surface area contributed by atoms with Crippen LogP contribution in [0.1, 0.15) is 58.9 Å². The van der Waals surface area contributed by atoms with Crippen molar-refractivity contribution in [3.8, 4) is 0 Å². The van der Waals surface area contributed by atoms with E-state index in [9.17, 15) is 14.0 Å². The van der Waals surface area contributed by atoms with E-state index in [0.717, 1.165) is 35.2 Å². The van der Waals surface area contributed by atoms with Gasteiger partial charge in [-0.2, -0.15) is 0 Å². The summed E-state index contributed by atoms with van der Waals surface area (Å²) in [5.41, 5.74) is 2.73. The topological polar surface area (TPSA) is 74.8 Å². The fourth-order valence-electron chi connectivity index (χ4n) is 4.66. The predicted molar refractivity (Wildman–Crippen MR) is 142 cm³/mol. The first-order valence-corrected chi connectivity index (χ1v) is 13.0. The molecule has 7 nitrogen and oxygen atoms in total. The highest BCUT2D eigenvalue weighted by Crippen LogP contribution is 2.31. The maximum Gasteiger partial charge on any atom is 0.410 e. The standard InChI is InChI=1S/C28H41FN4O3/c1-20-12-13-24(22-10-8-15-30-26(20)22)33-18-21(2)23(19-33)31-25(34)11-6-7-16-32(17-9-14-29)27(35)36-28(3,4)5/h8,10,12-13,15,21,23H,6-7,9,11,14,16-19H2,1-5H3,(H,31,34)/t21-,23+/m1/s1. The number of unbranched alkanes of at least 4 members (excludes halogenated alkanes) is 1. The normalized spacial score (nSPS) is 17.9. The fraction of sp³-hybridized carbons (Fsp3) is 0.607. The third-order valence-corrected chi connectivity index (χ3v) is 6.54. The molecule has 1 aliphatic rings. The molecule has 36 heavy (non-hydrogen) atoms. The highest BCUT2D eigenvalue weighted by Gasteiger charge is 2.31. The van der Waals surface area contributed by atoms with Gasteiger partial charge in [0.15, 0.2) is 0 Å². The molecule has 2 amide bonds. The smallest absolute Gasteiger partial charge is 0.410 e. The van der Waals surface area contributed by atoms with Crippen molar-refractivity contribution in [1.82, 2.24) is 15.2 Å². The van der Waals surface area contributed by atoms with Crippen LogP contribution < -0.4 is 10.2 Å². The van der Waals surface area contributed by atoms with E-state index in [0.29, 0.717) is 38.3 Å². The van der Waals surface area contributed by atoms with Crippen LogP contribution in [0.4, 0.5) is 14.9 Å². The van der Waals surface area contributed by atoms with Crippen molar-refractivity contribution in [1.29, 1.82) is 0 Å². The lowest BCUT2D eigenvalue weighted by Gasteiger charge is -2.27. The van der Waals surface area contributed by atoms with Crippen LogP contribution in [0.2, 0.25) is 0 Å². The molecule has 0 saturated carbocycles. The van der Waals surface area contributed by atoms with Crippen molar-refractivity contribution >= 4 is 28.6 Å². The van der Waals surface area contributed by atoms with Gasteiger partial charge in [-0.05, 0) is 76.6 Å². The van der Waals surface area contributed by atoms with Gasteiger partial charge in [-0.15, -0.1) is 0 Å². The molecule has 2 atom stereocenters. The summed E-state index contributed by atoms with van der Waals surface area (Å²) in [6.07, 6.45) is 3.38. The van der Waals surface area contributed by atoms with Crippen molar-refractivity contribution in [2.75, 3.05) is 37.8 Å². The van der Waals surface area contributed by atoms with Gasteiger partial charge < -0.3 is 19.9 Å². The molecule has 3 rings (SSSR count). The number of nitrogens with zero attached hydrogens (tertiary/aromatic N) is 3.